The van der Waals surface area contributed by atoms with Gasteiger partial charge >= 0.3 is 5.97 Å². The molecule has 4 aromatic rings. The largest absolute Gasteiger partial charge is 0.507 e. The van der Waals surface area contributed by atoms with Gasteiger partial charge in [-0.25, -0.2) is 4.39 Å². The van der Waals surface area contributed by atoms with E-state index in [9.17, 15) is 19.4 Å². The van der Waals surface area contributed by atoms with E-state index in [1.165, 1.54) is 12.1 Å². The van der Waals surface area contributed by atoms with Crippen LogP contribution in [0.15, 0.2) is 59.8 Å². The van der Waals surface area contributed by atoms with Gasteiger partial charge in [0.25, 0.3) is 0 Å². The SMILES string of the molecule is CCOC(=O)Cc1cc(-c2cc3cc(/C(N)=N\O)ccc3[nH]2)c(O)c(-c2cc(F)ccc2O)c1. The number of aromatic amines is 1. The average Bonchev–Trinajstić information content (AvgIpc) is 3.24. The maximum Gasteiger partial charge on any atom is 0.310 e. The molecule has 0 saturated heterocycles. The molecular formula is C25H22FN3O5. The Morgan fingerprint density at radius 1 is 1.06 bits per heavy atom. The molecule has 0 aliphatic carbocycles. The smallest absolute Gasteiger partial charge is 0.310 e. The van der Waals surface area contributed by atoms with Crippen molar-refractivity contribution in [3.05, 3.63) is 71.5 Å². The summed E-state index contributed by atoms with van der Waals surface area (Å²) in [5, 5.41) is 34.1. The minimum absolute atomic E-state index is 0.0483. The summed E-state index contributed by atoms with van der Waals surface area (Å²) in [6, 6.07) is 13.4. The van der Waals surface area contributed by atoms with Gasteiger partial charge in [0.2, 0.25) is 0 Å². The molecule has 0 aliphatic heterocycles. The molecule has 0 aliphatic rings. The van der Waals surface area contributed by atoms with Crippen LogP contribution >= 0.6 is 0 Å². The number of phenols is 2. The fourth-order valence-corrected chi connectivity index (χ4v) is 3.80. The average molecular weight is 463 g/mol. The second-order valence-electron chi connectivity index (χ2n) is 7.65. The molecule has 0 amide bonds. The third-order valence-corrected chi connectivity index (χ3v) is 5.39. The molecule has 0 saturated carbocycles. The van der Waals surface area contributed by atoms with Crippen LogP contribution in [-0.2, 0) is 16.0 Å². The number of rotatable bonds is 6. The Bertz CT molecular complexity index is 1430. The number of esters is 1. The minimum atomic E-state index is -0.592. The molecular weight excluding hydrogens is 441 g/mol. The third-order valence-electron chi connectivity index (χ3n) is 5.39. The topological polar surface area (TPSA) is 141 Å². The number of carbonyl (C=O) groups is 1. The minimum Gasteiger partial charge on any atom is -0.507 e. The van der Waals surface area contributed by atoms with E-state index < -0.39 is 11.8 Å². The van der Waals surface area contributed by atoms with Crippen LogP contribution in [0.1, 0.15) is 18.1 Å². The lowest BCUT2D eigenvalue weighted by Gasteiger charge is -2.14. The van der Waals surface area contributed by atoms with Gasteiger partial charge < -0.3 is 30.9 Å². The van der Waals surface area contributed by atoms with E-state index >= 15 is 0 Å². The van der Waals surface area contributed by atoms with Crippen molar-refractivity contribution in [1.82, 2.24) is 4.98 Å². The number of ether oxygens (including phenoxy) is 1. The zero-order chi connectivity index (χ0) is 24.4. The van der Waals surface area contributed by atoms with Crippen LogP contribution in [0.2, 0.25) is 0 Å². The molecule has 0 unspecified atom stereocenters. The van der Waals surface area contributed by atoms with Crippen molar-refractivity contribution in [1.29, 1.82) is 0 Å². The Kier molecular flexibility index (Phi) is 6.09. The zero-order valence-corrected chi connectivity index (χ0v) is 18.2. The number of nitrogens with one attached hydrogen (secondary N) is 1. The number of nitrogens with two attached hydrogens (primary N) is 1. The molecule has 0 radical (unpaired) electrons. The summed E-state index contributed by atoms with van der Waals surface area (Å²) < 4.78 is 19.0. The molecule has 6 N–H and O–H groups in total. The van der Waals surface area contributed by atoms with Crippen molar-refractivity contribution < 1.29 is 29.3 Å². The van der Waals surface area contributed by atoms with E-state index in [2.05, 4.69) is 10.1 Å². The summed E-state index contributed by atoms with van der Waals surface area (Å²) in [4.78, 5) is 15.3. The zero-order valence-electron chi connectivity index (χ0n) is 18.2. The molecule has 1 heterocycles. The first-order chi connectivity index (χ1) is 16.3. The van der Waals surface area contributed by atoms with Gasteiger partial charge in [-0.2, -0.15) is 0 Å². The highest BCUT2D eigenvalue weighted by Gasteiger charge is 2.19. The number of H-pyrrole nitrogens is 1. The number of carbonyl (C=O) groups excluding carboxylic acids is 1. The standard InChI is InChI=1S/C25H22FN3O5/c1-2-34-23(31)9-13-7-18(17-12-16(26)4-6-22(17)30)24(32)19(8-13)21-11-15-10-14(25(27)29-33)3-5-20(15)28-21/h3-8,10-12,28,30,32-33H,2,9H2,1H3,(H2,27,29). The number of aromatic hydroxyl groups is 2. The summed E-state index contributed by atoms with van der Waals surface area (Å²) in [7, 11) is 0. The Labute approximate surface area is 193 Å². The van der Waals surface area contributed by atoms with Gasteiger partial charge in [-0.05, 0) is 67.1 Å². The van der Waals surface area contributed by atoms with Gasteiger partial charge in [0.15, 0.2) is 5.84 Å². The van der Waals surface area contributed by atoms with Crippen LogP contribution in [0.25, 0.3) is 33.3 Å². The van der Waals surface area contributed by atoms with Gasteiger partial charge in [-0.1, -0.05) is 5.16 Å². The molecule has 1 aromatic heterocycles. The predicted octanol–water partition coefficient (Wildman–Crippen LogP) is 4.25. The second-order valence-corrected chi connectivity index (χ2v) is 7.65. The van der Waals surface area contributed by atoms with E-state index in [0.717, 1.165) is 23.0 Å². The van der Waals surface area contributed by atoms with Gasteiger partial charge in [-0.3, -0.25) is 4.79 Å². The van der Waals surface area contributed by atoms with Gasteiger partial charge in [0.1, 0.15) is 17.3 Å². The van der Waals surface area contributed by atoms with Crippen LogP contribution < -0.4 is 5.73 Å². The molecule has 174 valence electrons. The lowest BCUT2D eigenvalue weighted by Crippen LogP contribution is -2.12. The fourth-order valence-electron chi connectivity index (χ4n) is 3.80. The van der Waals surface area contributed by atoms with Crippen molar-refractivity contribution in [2.45, 2.75) is 13.3 Å². The number of hydrogen-bond acceptors (Lipinski definition) is 6. The van der Waals surface area contributed by atoms with Crippen LogP contribution in [0, 0.1) is 5.82 Å². The van der Waals surface area contributed by atoms with Crippen molar-refractivity contribution in [2.75, 3.05) is 6.61 Å². The van der Waals surface area contributed by atoms with E-state index in [-0.39, 0.29) is 41.5 Å². The fraction of sp³-hybridized carbons (Fsp3) is 0.120. The highest BCUT2D eigenvalue weighted by Crippen LogP contribution is 2.43. The number of halogens is 1. The molecule has 0 atom stereocenters. The number of amidine groups is 1. The van der Waals surface area contributed by atoms with Gasteiger partial charge in [0.05, 0.1) is 18.7 Å². The Balaban J connectivity index is 1.90. The Morgan fingerprint density at radius 3 is 2.56 bits per heavy atom. The maximum atomic E-state index is 14.0. The van der Waals surface area contributed by atoms with Gasteiger partial charge in [-0.15, -0.1) is 0 Å². The number of hydrogen-bond donors (Lipinski definition) is 5. The first-order valence-corrected chi connectivity index (χ1v) is 10.4. The first-order valence-electron chi connectivity index (χ1n) is 10.4. The van der Waals surface area contributed by atoms with Gasteiger partial charge in [0, 0.05) is 33.2 Å². The van der Waals surface area contributed by atoms with E-state index in [4.69, 9.17) is 15.7 Å². The van der Waals surface area contributed by atoms with Crippen LogP contribution in [-0.4, -0.2) is 38.8 Å². The molecule has 8 nitrogen and oxygen atoms in total. The van der Waals surface area contributed by atoms with Crippen molar-refractivity contribution in [2.24, 2.45) is 10.9 Å². The van der Waals surface area contributed by atoms with Crippen molar-refractivity contribution >= 4 is 22.7 Å². The number of phenolic OH excluding ortho intramolecular Hbond substituents is 2. The number of aromatic nitrogens is 1. The van der Waals surface area contributed by atoms with Crippen molar-refractivity contribution in [3.8, 4) is 33.9 Å². The second kappa shape index (κ2) is 9.14. The third kappa shape index (κ3) is 4.36. The molecule has 0 spiro atoms. The quantitative estimate of drug-likeness (QED) is 0.0952. The first kappa shape index (κ1) is 22.7. The van der Waals surface area contributed by atoms with E-state index in [1.807, 2.05) is 0 Å². The van der Waals surface area contributed by atoms with E-state index in [1.54, 1.807) is 37.3 Å². The summed E-state index contributed by atoms with van der Waals surface area (Å²) in [5.74, 6) is -1.54. The summed E-state index contributed by atoms with van der Waals surface area (Å²) in [6.07, 6.45) is -0.0852. The lowest BCUT2D eigenvalue weighted by atomic mass is 9.95. The normalized spacial score (nSPS) is 11.6. The van der Waals surface area contributed by atoms with E-state index in [0.29, 0.717) is 22.4 Å². The Morgan fingerprint density at radius 2 is 1.82 bits per heavy atom. The highest BCUT2D eigenvalue weighted by molar-refractivity contribution is 6.01. The molecule has 3 aromatic carbocycles. The molecule has 34 heavy (non-hydrogen) atoms. The summed E-state index contributed by atoms with van der Waals surface area (Å²) >= 11 is 0. The van der Waals surface area contributed by atoms with Crippen LogP contribution in [0.3, 0.4) is 0 Å². The number of nitrogens with zero attached hydrogens (tertiary/aromatic N) is 1. The number of fused-ring (bicyclic) bond motifs is 1. The molecule has 9 heteroatoms. The molecule has 4 rings (SSSR count). The molecule has 0 bridgehead atoms. The summed E-state index contributed by atoms with van der Waals surface area (Å²) in [5.41, 5.74) is 8.48. The maximum absolute atomic E-state index is 14.0. The van der Waals surface area contributed by atoms with Crippen LogP contribution in [0.5, 0.6) is 11.5 Å². The predicted molar refractivity (Wildman–Crippen MR) is 125 cm³/mol. The van der Waals surface area contributed by atoms with Crippen molar-refractivity contribution in [3.63, 3.8) is 0 Å². The number of oxime groups is 1. The molecule has 0 fully saturated rings. The van der Waals surface area contributed by atoms with Crippen LogP contribution in [0.4, 0.5) is 4.39 Å². The number of benzene rings is 3. The monoisotopic (exact) mass is 463 g/mol. The highest BCUT2D eigenvalue weighted by atomic mass is 19.1. The lowest BCUT2D eigenvalue weighted by molar-refractivity contribution is -0.142. The summed E-state index contributed by atoms with van der Waals surface area (Å²) in [6.45, 7) is 1.91. The Hall–Kier alpha value is -4.53.